The fourth-order valence-corrected chi connectivity index (χ4v) is 5.72. The van der Waals surface area contributed by atoms with E-state index < -0.39 is 29.4 Å². The summed E-state index contributed by atoms with van der Waals surface area (Å²) in [7, 11) is 0. The molecule has 3 amide bonds. The third-order valence-electron chi connectivity index (χ3n) is 8.62. The standard InChI is InChI=1S/C38H44N6O5/c1-26-14-16-29(17-15-26)34(45)30-18-20-43(21-19-30)36(47)33(28-12-8-5-9-13-28)44-22-32(40-25-44)42-35(46)31(41-37(48)38(2,3)39)24-49-23-27-10-6-4-7-11-27/h4-17,22,25,30-31,33H,18-21,23-24,39H2,1-3H3,(H,41,48)(H,42,46)/t31-,33?/m1/s1. The number of ether oxygens (including phenoxy) is 1. The number of benzene rings is 3. The summed E-state index contributed by atoms with van der Waals surface area (Å²) in [5.74, 6) is -1.02. The Morgan fingerprint density at radius 2 is 1.57 bits per heavy atom. The lowest BCUT2D eigenvalue weighted by atomic mass is 9.88. The molecule has 3 aromatic carbocycles. The van der Waals surface area contributed by atoms with Crippen molar-refractivity contribution in [3.8, 4) is 0 Å². The maximum Gasteiger partial charge on any atom is 0.250 e. The molecule has 4 aromatic rings. The Kier molecular flexibility index (Phi) is 11.4. The minimum atomic E-state index is -1.22. The summed E-state index contributed by atoms with van der Waals surface area (Å²) in [5, 5.41) is 5.44. The van der Waals surface area contributed by atoms with Gasteiger partial charge in [-0.05, 0) is 44.7 Å². The second kappa shape index (κ2) is 15.8. The van der Waals surface area contributed by atoms with Crippen LogP contribution in [-0.2, 0) is 25.7 Å². The van der Waals surface area contributed by atoms with Gasteiger partial charge in [-0.3, -0.25) is 19.2 Å². The number of nitrogens with zero attached hydrogens (tertiary/aromatic N) is 3. The Bertz CT molecular complexity index is 1730. The van der Waals surface area contributed by atoms with E-state index in [1.54, 1.807) is 29.5 Å². The molecule has 0 bridgehead atoms. The fourth-order valence-electron chi connectivity index (χ4n) is 5.72. The first-order chi connectivity index (χ1) is 23.5. The SMILES string of the molecule is Cc1ccc(C(=O)C2CCN(C(=O)C(c3ccccc3)n3cnc(NC(=O)[C@@H](COCc4ccccc4)NC(=O)C(C)(C)N)c3)CC2)cc1. The first-order valence-electron chi connectivity index (χ1n) is 16.5. The molecule has 256 valence electrons. The van der Waals surface area contributed by atoms with Crippen LogP contribution in [0, 0.1) is 12.8 Å². The molecule has 1 fully saturated rings. The van der Waals surface area contributed by atoms with Crippen LogP contribution in [0.1, 0.15) is 59.8 Å². The monoisotopic (exact) mass is 664 g/mol. The Morgan fingerprint density at radius 3 is 2.20 bits per heavy atom. The third kappa shape index (κ3) is 9.27. The number of nitrogens with two attached hydrogens (primary N) is 1. The van der Waals surface area contributed by atoms with E-state index in [1.165, 1.54) is 6.33 Å². The van der Waals surface area contributed by atoms with Crippen molar-refractivity contribution < 1.29 is 23.9 Å². The van der Waals surface area contributed by atoms with Crippen molar-refractivity contribution in [2.75, 3.05) is 25.0 Å². The number of nitrogens with one attached hydrogen (secondary N) is 2. The molecule has 2 atom stereocenters. The number of imidazole rings is 1. The summed E-state index contributed by atoms with van der Waals surface area (Å²) < 4.78 is 7.46. The number of hydrogen-bond acceptors (Lipinski definition) is 7. The van der Waals surface area contributed by atoms with Crippen molar-refractivity contribution >= 4 is 29.3 Å². The van der Waals surface area contributed by atoms with Gasteiger partial charge in [0.05, 0.1) is 25.1 Å². The number of piperidine rings is 1. The minimum Gasteiger partial charge on any atom is -0.374 e. The van der Waals surface area contributed by atoms with Gasteiger partial charge in [0.2, 0.25) is 11.8 Å². The first-order valence-corrected chi connectivity index (χ1v) is 16.5. The number of likely N-dealkylation sites (tertiary alicyclic amines) is 1. The van der Waals surface area contributed by atoms with E-state index in [4.69, 9.17) is 10.5 Å². The van der Waals surface area contributed by atoms with Gasteiger partial charge in [-0.25, -0.2) is 4.98 Å². The molecule has 1 saturated heterocycles. The number of ketones is 1. The molecule has 49 heavy (non-hydrogen) atoms. The van der Waals surface area contributed by atoms with E-state index in [2.05, 4.69) is 15.6 Å². The number of hydrogen-bond donors (Lipinski definition) is 3. The van der Waals surface area contributed by atoms with Crippen molar-refractivity contribution in [2.45, 2.75) is 57.8 Å². The van der Waals surface area contributed by atoms with Crippen molar-refractivity contribution in [3.05, 3.63) is 120 Å². The van der Waals surface area contributed by atoms with Gasteiger partial charge in [0.25, 0.3) is 5.91 Å². The highest BCUT2D eigenvalue weighted by molar-refractivity contribution is 5.99. The zero-order valence-corrected chi connectivity index (χ0v) is 28.2. The summed E-state index contributed by atoms with van der Waals surface area (Å²) in [4.78, 5) is 59.6. The predicted molar refractivity (Wildman–Crippen MR) is 187 cm³/mol. The topological polar surface area (TPSA) is 149 Å². The third-order valence-corrected chi connectivity index (χ3v) is 8.62. The lowest BCUT2D eigenvalue weighted by Crippen LogP contribution is -2.56. The average molecular weight is 665 g/mol. The molecule has 11 heteroatoms. The Hall–Kier alpha value is -5.13. The molecular formula is C38H44N6O5. The number of aryl methyl sites for hydroxylation is 1. The van der Waals surface area contributed by atoms with E-state index in [1.807, 2.05) is 91.9 Å². The maximum absolute atomic E-state index is 14.1. The number of Topliss-reactive ketones (excluding diaryl/α,β-unsaturated/α-hetero) is 1. The largest absolute Gasteiger partial charge is 0.374 e. The van der Waals surface area contributed by atoms with Crippen LogP contribution in [0.15, 0.2) is 97.5 Å². The zero-order chi connectivity index (χ0) is 35.0. The van der Waals surface area contributed by atoms with E-state index in [0.29, 0.717) is 31.5 Å². The Morgan fingerprint density at radius 1 is 0.939 bits per heavy atom. The number of amides is 3. The molecular weight excluding hydrogens is 620 g/mol. The van der Waals surface area contributed by atoms with Crippen LogP contribution in [0.5, 0.6) is 0 Å². The number of aromatic nitrogens is 2. The highest BCUT2D eigenvalue weighted by atomic mass is 16.5. The molecule has 4 N–H and O–H groups in total. The van der Waals surface area contributed by atoms with Gasteiger partial charge in [-0.2, -0.15) is 0 Å². The van der Waals surface area contributed by atoms with E-state index in [-0.39, 0.29) is 36.6 Å². The van der Waals surface area contributed by atoms with Crippen LogP contribution in [0.2, 0.25) is 0 Å². The van der Waals surface area contributed by atoms with Gasteiger partial charge in [-0.15, -0.1) is 0 Å². The Balaban J connectivity index is 1.27. The van der Waals surface area contributed by atoms with Gasteiger partial charge in [-0.1, -0.05) is 90.5 Å². The van der Waals surface area contributed by atoms with Crippen LogP contribution in [-0.4, -0.2) is 69.2 Å². The molecule has 2 heterocycles. The molecule has 1 aliphatic heterocycles. The summed E-state index contributed by atoms with van der Waals surface area (Å²) in [6, 6.07) is 24.6. The highest BCUT2D eigenvalue weighted by Gasteiger charge is 2.33. The van der Waals surface area contributed by atoms with Crippen LogP contribution in [0.3, 0.4) is 0 Å². The lowest BCUT2D eigenvalue weighted by Gasteiger charge is -2.34. The number of rotatable bonds is 13. The van der Waals surface area contributed by atoms with Crippen molar-refractivity contribution in [2.24, 2.45) is 11.7 Å². The van der Waals surface area contributed by atoms with Crippen molar-refractivity contribution in [1.29, 1.82) is 0 Å². The lowest BCUT2D eigenvalue weighted by molar-refractivity contribution is -0.134. The normalized spacial score (nSPS) is 14.9. The van der Waals surface area contributed by atoms with Gasteiger partial charge < -0.3 is 30.6 Å². The van der Waals surface area contributed by atoms with Gasteiger partial charge in [0.1, 0.15) is 12.1 Å². The van der Waals surface area contributed by atoms with Crippen molar-refractivity contribution in [1.82, 2.24) is 19.8 Å². The molecule has 0 aliphatic carbocycles. The van der Waals surface area contributed by atoms with E-state index in [9.17, 15) is 19.2 Å². The predicted octanol–water partition coefficient (Wildman–Crippen LogP) is 4.28. The van der Waals surface area contributed by atoms with E-state index >= 15 is 0 Å². The van der Waals surface area contributed by atoms with Crippen molar-refractivity contribution in [3.63, 3.8) is 0 Å². The first kappa shape index (κ1) is 35.2. The second-order valence-corrected chi connectivity index (χ2v) is 13.1. The van der Waals surface area contributed by atoms with Gasteiger partial charge >= 0.3 is 0 Å². The summed E-state index contributed by atoms with van der Waals surface area (Å²) in [5.41, 5.74) is 8.24. The molecule has 0 saturated carbocycles. The number of carbonyl (C=O) groups excluding carboxylic acids is 4. The average Bonchev–Trinajstić information content (AvgIpc) is 3.56. The fraction of sp³-hybridized carbons (Fsp3) is 0.342. The minimum absolute atomic E-state index is 0.100. The molecule has 5 rings (SSSR count). The number of anilines is 1. The Labute approximate surface area is 286 Å². The quantitative estimate of drug-likeness (QED) is 0.181. The molecule has 11 nitrogen and oxygen atoms in total. The molecule has 1 aliphatic rings. The highest BCUT2D eigenvalue weighted by Crippen LogP contribution is 2.27. The second-order valence-electron chi connectivity index (χ2n) is 13.1. The maximum atomic E-state index is 14.1. The van der Waals surface area contributed by atoms with Gasteiger partial charge in [0.15, 0.2) is 11.6 Å². The van der Waals surface area contributed by atoms with Crippen LogP contribution in [0.4, 0.5) is 5.82 Å². The van der Waals surface area contributed by atoms with Crippen LogP contribution >= 0.6 is 0 Å². The summed E-state index contributed by atoms with van der Waals surface area (Å²) in [6.07, 6.45) is 4.24. The van der Waals surface area contributed by atoms with Crippen LogP contribution in [0.25, 0.3) is 0 Å². The smallest absolute Gasteiger partial charge is 0.250 e. The molecule has 1 aromatic heterocycles. The zero-order valence-electron chi connectivity index (χ0n) is 28.2. The van der Waals surface area contributed by atoms with E-state index in [0.717, 1.165) is 16.7 Å². The van der Waals surface area contributed by atoms with Gasteiger partial charge in [0, 0.05) is 30.8 Å². The molecule has 0 spiro atoms. The molecule has 1 unspecified atom stereocenters. The van der Waals surface area contributed by atoms with Crippen LogP contribution < -0.4 is 16.4 Å². The summed E-state index contributed by atoms with van der Waals surface area (Å²) in [6.45, 7) is 6.14. The number of carbonyl (C=O) groups is 4. The summed E-state index contributed by atoms with van der Waals surface area (Å²) >= 11 is 0. The molecule has 0 radical (unpaired) electrons.